The maximum Gasteiger partial charge on any atom is 0.290 e. The van der Waals surface area contributed by atoms with Gasteiger partial charge >= 0.3 is 0 Å². The molecule has 0 saturated carbocycles. The van der Waals surface area contributed by atoms with Crippen molar-refractivity contribution in [2.45, 2.75) is 12.3 Å². The van der Waals surface area contributed by atoms with Crippen LogP contribution in [0.3, 0.4) is 0 Å². The number of nitrogens with one attached hydrogen (secondary N) is 3. The van der Waals surface area contributed by atoms with Crippen molar-refractivity contribution in [1.29, 1.82) is 0 Å². The van der Waals surface area contributed by atoms with Crippen molar-refractivity contribution in [3.63, 3.8) is 0 Å². The van der Waals surface area contributed by atoms with E-state index in [1.54, 1.807) is 7.05 Å². The number of nitrogens with zero attached hydrogens (tertiary/aromatic N) is 3. The molecule has 1 saturated heterocycles. The van der Waals surface area contributed by atoms with Gasteiger partial charge in [-0.05, 0) is 24.7 Å². The molecule has 4 N–H and O–H groups in total. The third-order valence-corrected chi connectivity index (χ3v) is 5.42. The summed E-state index contributed by atoms with van der Waals surface area (Å²) < 4.78 is 0. The summed E-state index contributed by atoms with van der Waals surface area (Å²) >= 11 is 0. The van der Waals surface area contributed by atoms with Crippen molar-refractivity contribution >= 4 is 29.8 Å². The highest BCUT2D eigenvalue weighted by molar-refractivity contribution is 6.00. The number of H-pyrrole nitrogens is 1. The predicted octanol–water partition coefficient (Wildman–Crippen LogP) is 0.696. The molecule has 30 heavy (non-hydrogen) atoms. The Hall–Kier alpha value is -3.40. The van der Waals surface area contributed by atoms with Crippen molar-refractivity contribution in [3.05, 3.63) is 41.1 Å². The molecule has 2 amide bonds. The molecule has 1 unspecified atom stereocenters. The van der Waals surface area contributed by atoms with Gasteiger partial charge in [-0.2, -0.15) is 5.10 Å². The van der Waals surface area contributed by atoms with Gasteiger partial charge in [0.15, 0.2) is 5.82 Å². The Balaban J connectivity index is 0.000000806. The van der Waals surface area contributed by atoms with Gasteiger partial charge in [0.1, 0.15) is 5.69 Å². The summed E-state index contributed by atoms with van der Waals surface area (Å²) in [4.78, 5) is 37.4. The van der Waals surface area contributed by atoms with Gasteiger partial charge in [-0.15, -0.1) is 0 Å². The summed E-state index contributed by atoms with van der Waals surface area (Å²) in [5.74, 6) is -0.0797. The lowest BCUT2D eigenvalue weighted by molar-refractivity contribution is -0.123. The molecule has 2 aromatic rings. The number of piperazine rings is 1. The fraction of sp³-hybridized carbons (Fsp3) is 0.400. The largest absolute Gasteiger partial charge is 0.483 e. The minimum atomic E-state index is -0.250. The van der Waals surface area contributed by atoms with Crippen molar-refractivity contribution in [3.8, 4) is 0 Å². The number of rotatable bonds is 3. The van der Waals surface area contributed by atoms with Crippen LogP contribution in [-0.4, -0.2) is 78.8 Å². The van der Waals surface area contributed by atoms with E-state index in [9.17, 15) is 9.59 Å². The average Bonchev–Trinajstić information content (AvgIpc) is 3.17. The zero-order valence-electron chi connectivity index (χ0n) is 17.0. The molecule has 10 heteroatoms. The normalized spacial score (nSPS) is 18.5. The second-order valence-electron chi connectivity index (χ2n) is 7.23. The Bertz CT molecular complexity index is 903. The topological polar surface area (TPSA) is 131 Å². The average molecular weight is 414 g/mol. The van der Waals surface area contributed by atoms with E-state index in [0.29, 0.717) is 17.9 Å². The minimum absolute atomic E-state index is 0.0920. The first-order chi connectivity index (χ1) is 14.5. The van der Waals surface area contributed by atoms with Gasteiger partial charge in [0.05, 0.1) is 0 Å². The molecule has 10 nitrogen and oxygen atoms in total. The molecule has 0 spiro atoms. The Morgan fingerprint density at radius 1 is 1.23 bits per heavy atom. The van der Waals surface area contributed by atoms with Gasteiger partial charge < -0.3 is 25.5 Å². The fourth-order valence-electron chi connectivity index (χ4n) is 3.82. The quantitative estimate of drug-likeness (QED) is 0.544. The first kappa shape index (κ1) is 21.3. The lowest BCUT2D eigenvalue weighted by atomic mass is 9.85. The number of fused-ring (bicyclic) bond motifs is 1. The molecule has 1 aromatic carbocycles. The standard InChI is InChI=1S/C19H24N6O2.CH2O2/c1-20-19(27)17-16-14(11-15(26)21-18(16)23-22-17)12-3-5-13(6-4-12)25-9-7-24(2)8-10-25;2-1-3/h3-6,14H,7-11H2,1-2H3,(H,20,27)(H2,21,22,23,26);1H,(H,2,3). The molecule has 4 rings (SSSR count). The molecule has 160 valence electrons. The maximum absolute atomic E-state index is 12.2. The highest BCUT2D eigenvalue weighted by Gasteiger charge is 2.33. The summed E-state index contributed by atoms with van der Waals surface area (Å²) in [5.41, 5.74) is 3.35. The number of likely N-dealkylation sites (N-methyl/N-ethyl adjacent to an activating group) is 1. The van der Waals surface area contributed by atoms with E-state index in [1.165, 1.54) is 5.69 Å². The van der Waals surface area contributed by atoms with Gasteiger partial charge in [0.25, 0.3) is 12.4 Å². The molecule has 2 aliphatic rings. The number of anilines is 2. The van der Waals surface area contributed by atoms with E-state index in [-0.39, 0.29) is 24.2 Å². The van der Waals surface area contributed by atoms with E-state index < -0.39 is 0 Å². The molecular weight excluding hydrogens is 388 g/mol. The Labute approximate surface area is 174 Å². The van der Waals surface area contributed by atoms with Gasteiger partial charge in [-0.1, -0.05) is 12.1 Å². The van der Waals surface area contributed by atoms with E-state index in [2.05, 4.69) is 61.9 Å². The molecule has 1 aromatic heterocycles. The zero-order chi connectivity index (χ0) is 21.7. The second kappa shape index (κ2) is 9.40. The summed E-state index contributed by atoms with van der Waals surface area (Å²) in [6.45, 7) is 3.87. The van der Waals surface area contributed by atoms with Crippen molar-refractivity contribution < 1.29 is 19.5 Å². The number of carbonyl (C=O) groups excluding carboxylic acids is 2. The molecule has 1 atom stereocenters. The number of carboxylic acid groups (broad SMARTS) is 1. The van der Waals surface area contributed by atoms with E-state index in [1.807, 2.05) is 0 Å². The maximum atomic E-state index is 12.2. The Morgan fingerprint density at radius 3 is 2.47 bits per heavy atom. The van der Waals surface area contributed by atoms with Gasteiger partial charge in [-0.25, -0.2) is 0 Å². The van der Waals surface area contributed by atoms with Gasteiger partial charge in [-0.3, -0.25) is 19.5 Å². The van der Waals surface area contributed by atoms with Crippen molar-refractivity contribution in [2.24, 2.45) is 0 Å². The summed E-state index contributed by atoms with van der Waals surface area (Å²) in [5, 5.41) is 19.1. The molecule has 3 heterocycles. The summed E-state index contributed by atoms with van der Waals surface area (Å²) in [6, 6.07) is 8.32. The van der Waals surface area contributed by atoms with Crippen molar-refractivity contribution in [1.82, 2.24) is 20.4 Å². The van der Waals surface area contributed by atoms with E-state index in [0.717, 1.165) is 37.3 Å². The predicted molar refractivity (Wildman–Crippen MR) is 112 cm³/mol. The molecule has 0 aliphatic carbocycles. The first-order valence-electron chi connectivity index (χ1n) is 9.70. The first-order valence-corrected chi connectivity index (χ1v) is 9.70. The number of carbonyl (C=O) groups is 3. The van der Waals surface area contributed by atoms with Crippen LogP contribution in [0, 0.1) is 0 Å². The van der Waals surface area contributed by atoms with Crippen LogP contribution in [0.4, 0.5) is 11.5 Å². The van der Waals surface area contributed by atoms with E-state index >= 15 is 0 Å². The van der Waals surface area contributed by atoms with Gasteiger partial charge in [0, 0.05) is 56.8 Å². The van der Waals surface area contributed by atoms with Crippen molar-refractivity contribution in [2.75, 3.05) is 50.5 Å². The number of aromatic amines is 1. The van der Waals surface area contributed by atoms with Crippen LogP contribution in [0.25, 0.3) is 0 Å². The van der Waals surface area contributed by atoms with Crippen LogP contribution < -0.4 is 15.5 Å². The second-order valence-corrected chi connectivity index (χ2v) is 7.23. The number of benzene rings is 1. The highest BCUT2D eigenvalue weighted by atomic mass is 16.3. The van der Waals surface area contributed by atoms with Crippen LogP contribution in [0.5, 0.6) is 0 Å². The highest BCUT2D eigenvalue weighted by Crippen LogP contribution is 2.38. The third-order valence-electron chi connectivity index (χ3n) is 5.42. The molecule has 0 radical (unpaired) electrons. The fourth-order valence-corrected chi connectivity index (χ4v) is 3.82. The molecule has 2 aliphatic heterocycles. The molecule has 1 fully saturated rings. The molecular formula is C20H26N6O4. The monoisotopic (exact) mass is 414 g/mol. The minimum Gasteiger partial charge on any atom is -0.483 e. The lowest BCUT2D eigenvalue weighted by Crippen LogP contribution is -2.44. The van der Waals surface area contributed by atoms with Crippen LogP contribution in [0.2, 0.25) is 0 Å². The third kappa shape index (κ3) is 4.43. The van der Waals surface area contributed by atoms with Crippen LogP contribution in [0.1, 0.15) is 34.0 Å². The number of amides is 2. The van der Waals surface area contributed by atoms with Crippen LogP contribution >= 0.6 is 0 Å². The summed E-state index contributed by atoms with van der Waals surface area (Å²) in [7, 11) is 3.72. The lowest BCUT2D eigenvalue weighted by Gasteiger charge is -2.34. The van der Waals surface area contributed by atoms with Crippen LogP contribution in [-0.2, 0) is 9.59 Å². The summed E-state index contributed by atoms with van der Waals surface area (Å²) in [6.07, 6.45) is 0.296. The number of hydrogen-bond donors (Lipinski definition) is 4. The Morgan fingerprint density at radius 2 is 1.87 bits per heavy atom. The van der Waals surface area contributed by atoms with E-state index in [4.69, 9.17) is 9.90 Å². The Kier molecular flexibility index (Phi) is 6.68. The number of hydrogen-bond acceptors (Lipinski definition) is 6. The molecule has 0 bridgehead atoms. The van der Waals surface area contributed by atoms with Gasteiger partial charge in [0.2, 0.25) is 5.91 Å². The van der Waals surface area contributed by atoms with Crippen LogP contribution in [0.15, 0.2) is 24.3 Å². The smallest absolute Gasteiger partial charge is 0.290 e. The number of aromatic nitrogens is 2. The SMILES string of the molecule is CNC(=O)c1[nH]nc2c1C(c1ccc(N3CCN(C)CC3)cc1)CC(=O)N2.O=CO. The zero-order valence-corrected chi connectivity index (χ0v) is 17.0.